The molecule has 2 aliphatic heterocycles. The molecule has 1 amide bonds. The van der Waals surface area contributed by atoms with Gasteiger partial charge in [0.2, 0.25) is 11.6 Å². The van der Waals surface area contributed by atoms with Crippen molar-refractivity contribution in [1.29, 1.82) is 0 Å². The van der Waals surface area contributed by atoms with Gasteiger partial charge in [0.05, 0.1) is 25.8 Å². The van der Waals surface area contributed by atoms with Gasteiger partial charge in [0, 0.05) is 30.0 Å². The average Bonchev–Trinajstić information content (AvgIpc) is 3.40. The van der Waals surface area contributed by atoms with Gasteiger partial charge < -0.3 is 19.0 Å². The lowest BCUT2D eigenvalue weighted by Gasteiger charge is -2.27. The van der Waals surface area contributed by atoms with Crippen LogP contribution in [-0.4, -0.2) is 61.8 Å². The number of nitrogens with zero attached hydrogens (tertiary/aromatic N) is 1. The van der Waals surface area contributed by atoms with Gasteiger partial charge in [-0.3, -0.25) is 14.4 Å². The molecule has 5 rings (SSSR count). The van der Waals surface area contributed by atoms with Crippen LogP contribution in [0.2, 0.25) is 0 Å². The first-order chi connectivity index (χ1) is 16.1. The van der Waals surface area contributed by atoms with E-state index in [1.54, 1.807) is 35.5 Å². The van der Waals surface area contributed by atoms with Crippen LogP contribution >= 0.6 is 0 Å². The molecule has 0 radical (unpaired) electrons. The summed E-state index contributed by atoms with van der Waals surface area (Å²) in [6, 6.07) is 11.9. The third kappa shape index (κ3) is 4.19. The number of aromatic nitrogens is 1. The lowest BCUT2D eigenvalue weighted by molar-refractivity contribution is -0.908. The molecule has 170 valence electrons. The van der Waals surface area contributed by atoms with Gasteiger partial charge in [0.1, 0.15) is 24.6 Å². The van der Waals surface area contributed by atoms with Gasteiger partial charge in [-0.1, -0.05) is 18.2 Å². The van der Waals surface area contributed by atoms with E-state index in [1.165, 1.54) is 4.90 Å². The van der Waals surface area contributed by atoms with Crippen LogP contribution < -0.4 is 9.88 Å². The molecule has 2 fully saturated rings. The molecule has 3 aromatic rings. The first kappa shape index (κ1) is 21.5. The first-order valence-electron chi connectivity index (χ1n) is 11.4. The summed E-state index contributed by atoms with van der Waals surface area (Å²) in [5.41, 5.74) is 1.30. The number of Topliss-reactive ketones (excluding diaryl/α,β-unsaturated/α-hetero) is 2. The summed E-state index contributed by atoms with van der Waals surface area (Å²) >= 11 is 0. The Morgan fingerprint density at radius 1 is 1.12 bits per heavy atom. The highest BCUT2D eigenvalue weighted by atomic mass is 16.5. The van der Waals surface area contributed by atoms with Crippen molar-refractivity contribution in [3.63, 3.8) is 0 Å². The maximum absolute atomic E-state index is 13.5. The fourth-order valence-corrected chi connectivity index (χ4v) is 4.86. The van der Waals surface area contributed by atoms with Gasteiger partial charge in [-0.25, -0.2) is 4.98 Å². The number of ether oxygens (including phenoxy) is 1. The van der Waals surface area contributed by atoms with Crippen molar-refractivity contribution in [3.05, 3.63) is 66.2 Å². The number of likely N-dealkylation sites (tertiary alicyclic amines) is 1. The van der Waals surface area contributed by atoms with Crippen molar-refractivity contribution < 1.29 is 33.4 Å². The molecule has 2 saturated heterocycles. The second-order valence-electron chi connectivity index (χ2n) is 8.60. The molecule has 8 nitrogen and oxygen atoms in total. The van der Waals surface area contributed by atoms with Crippen molar-refractivity contribution in [2.45, 2.75) is 12.5 Å². The number of para-hydroxylation sites is 1. The van der Waals surface area contributed by atoms with E-state index < -0.39 is 29.4 Å². The summed E-state index contributed by atoms with van der Waals surface area (Å²) in [6.07, 6.45) is 4.24. The summed E-state index contributed by atoms with van der Waals surface area (Å²) in [6.45, 7) is 4.67. The van der Waals surface area contributed by atoms with E-state index in [9.17, 15) is 14.4 Å². The fourth-order valence-electron chi connectivity index (χ4n) is 4.86. The average molecular weight is 450 g/mol. The molecule has 4 heterocycles. The third-order valence-corrected chi connectivity index (χ3v) is 6.56. The number of H-pyrrole nitrogens is 1. The standard InChI is InChI=1S/C25H25N3O5/c29-23(20-15-17-5-1-2-7-19(17)33-20)21-22(18-6-3-8-26-16-18)28(25(31)24(21)30)10-4-9-27-11-13-32-14-12-27/h1-3,5-8,15-16,21-22H,4,9-14H2/p+2. The highest BCUT2D eigenvalue weighted by Crippen LogP contribution is 2.38. The Morgan fingerprint density at radius 3 is 2.70 bits per heavy atom. The normalized spacial score (nSPS) is 21.8. The molecule has 0 spiro atoms. The summed E-state index contributed by atoms with van der Waals surface area (Å²) in [4.78, 5) is 45.7. The first-order valence-corrected chi connectivity index (χ1v) is 11.4. The molecule has 8 heteroatoms. The van der Waals surface area contributed by atoms with Crippen molar-refractivity contribution in [2.75, 3.05) is 39.4 Å². The predicted octanol–water partition coefficient (Wildman–Crippen LogP) is 0.504. The highest BCUT2D eigenvalue weighted by molar-refractivity contribution is 6.43. The molecule has 0 saturated carbocycles. The second kappa shape index (κ2) is 9.25. The summed E-state index contributed by atoms with van der Waals surface area (Å²) in [5, 5.41) is 0.785. The van der Waals surface area contributed by atoms with E-state index in [0.29, 0.717) is 12.1 Å². The Labute approximate surface area is 191 Å². The number of aromatic amines is 1. The van der Waals surface area contributed by atoms with E-state index >= 15 is 0 Å². The summed E-state index contributed by atoms with van der Waals surface area (Å²) in [5.74, 6) is -2.76. The molecule has 1 aromatic carbocycles. The van der Waals surface area contributed by atoms with Crippen molar-refractivity contribution in [3.8, 4) is 0 Å². The minimum absolute atomic E-state index is 0.104. The van der Waals surface area contributed by atoms with Gasteiger partial charge in [-0.2, -0.15) is 0 Å². The Morgan fingerprint density at radius 2 is 1.94 bits per heavy atom. The smallest absolute Gasteiger partial charge is 0.291 e. The number of morpholine rings is 1. The number of furan rings is 1. The molecule has 2 atom stereocenters. The number of rotatable bonds is 7. The number of carbonyl (C=O) groups is 3. The molecule has 2 unspecified atom stereocenters. The lowest BCUT2D eigenvalue weighted by atomic mass is 9.89. The summed E-state index contributed by atoms with van der Waals surface area (Å²) in [7, 11) is 0. The molecule has 33 heavy (non-hydrogen) atoms. The number of quaternary nitrogens is 1. The topological polar surface area (TPSA) is 95.4 Å². The highest BCUT2D eigenvalue weighted by Gasteiger charge is 2.52. The van der Waals surface area contributed by atoms with Crippen LogP contribution in [0.1, 0.15) is 28.6 Å². The molecule has 0 aliphatic carbocycles. The van der Waals surface area contributed by atoms with Gasteiger partial charge in [-0.15, -0.1) is 0 Å². The van der Waals surface area contributed by atoms with E-state index in [4.69, 9.17) is 9.15 Å². The van der Waals surface area contributed by atoms with Crippen LogP contribution in [0.5, 0.6) is 0 Å². The number of amides is 1. The number of fused-ring (bicyclic) bond motifs is 1. The number of pyridine rings is 1. The van der Waals surface area contributed by atoms with Crippen LogP contribution in [-0.2, 0) is 14.3 Å². The van der Waals surface area contributed by atoms with Crippen LogP contribution in [0.3, 0.4) is 0 Å². The minimum atomic E-state index is -1.13. The quantitative estimate of drug-likeness (QED) is 0.322. The number of hydrogen-bond donors (Lipinski definition) is 1. The zero-order valence-corrected chi connectivity index (χ0v) is 18.3. The van der Waals surface area contributed by atoms with E-state index in [0.717, 1.165) is 50.2 Å². The molecule has 2 aromatic heterocycles. The Bertz CT molecular complexity index is 1140. The molecule has 2 aliphatic rings. The number of nitrogens with one attached hydrogen (secondary N) is 2. The number of carbonyl (C=O) groups excluding carboxylic acids is 3. The Balaban J connectivity index is 1.42. The van der Waals surface area contributed by atoms with E-state index in [1.807, 2.05) is 24.3 Å². The van der Waals surface area contributed by atoms with Crippen LogP contribution in [0.4, 0.5) is 0 Å². The van der Waals surface area contributed by atoms with Crippen LogP contribution in [0.15, 0.2) is 59.3 Å². The number of hydrogen-bond acceptors (Lipinski definition) is 5. The van der Waals surface area contributed by atoms with Gasteiger partial charge in [0.25, 0.3) is 5.91 Å². The van der Waals surface area contributed by atoms with Crippen LogP contribution in [0.25, 0.3) is 11.0 Å². The number of ketones is 2. The maximum Gasteiger partial charge on any atom is 0.291 e. The van der Waals surface area contributed by atoms with Crippen molar-refractivity contribution in [1.82, 2.24) is 4.90 Å². The SMILES string of the molecule is O=C1C(=O)N(CCC[NH+]2CCOCC2)C(c2ccc[nH+]c2)C1C(=O)c1cc2ccccc2o1. The lowest BCUT2D eigenvalue weighted by Crippen LogP contribution is -3.14. The second-order valence-corrected chi connectivity index (χ2v) is 8.60. The Kier molecular flexibility index (Phi) is 6.02. The molecular weight excluding hydrogens is 422 g/mol. The maximum atomic E-state index is 13.5. The van der Waals surface area contributed by atoms with Gasteiger partial charge in [-0.05, 0) is 18.2 Å². The predicted molar refractivity (Wildman–Crippen MR) is 117 cm³/mol. The fraction of sp³-hybridized carbons (Fsp3) is 0.360. The molecular formula is C25H27N3O5+2. The Hall–Kier alpha value is -3.36. The monoisotopic (exact) mass is 449 g/mol. The van der Waals surface area contributed by atoms with Crippen LogP contribution in [0, 0.1) is 5.92 Å². The largest absolute Gasteiger partial charge is 0.453 e. The van der Waals surface area contributed by atoms with Gasteiger partial charge >= 0.3 is 0 Å². The van der Waals surface area contributed by atoms with Gasteiger partial charge in [0.15, 0.2) is 18.2 Å². The zero-order valence-electron chi connectivity index (χ0n) is 18.3. The minimum Gasteiger partial charge on any atom is -0.453 e. The van der Waals surface area contributed by atoms with E-state index in [-0.39, 0.29) is 5.76 Å². The third-order valence-electron chi connectivity index (χ3n) is 6.56. The molecule has 0 bridgehead atoms. The van der Waals surface area contributed by atoms with Crippen molar-refractivity contribution in [2.24, 2.45) is 5.92 Å². The summed E-state index contributed by atoms with van der Waals surface area (Å²) < 4.78 is 11.2. The zero-order chi connectivity index (χ0) is 22.8. The number of benzene rings is 1. The molecule has 2 N–H and O–H groups in total. The van der Waals surface area contributed by atoms with E-state index in [2.05, 4.69) is 4.98 Å². The van der Waals surface area contributed by atoms with Crippen molar-refractivity contribution >= 4 is 28.4 Å².